The summed E-state index contributed by atoms with van der Waals surface area (Å²) in [6.45, 7) is 2.04. The van der Waals surface area contributed by atoms with Crippen molar-refractivity contribution in [2.24, 2.45) is 5.92 Å². The Kier molecular flexibility index (Phi) is 4.24. The number of carbonyl (C=O) groups excluding carboxylic acids is 2. The first-order valence-corrected chi connectivity index (χ1v) is 7.94. The van der Waals surface area contributed by atoms with Crippen LogP contribution in [-0.2, 0) is 9.59 Å². The van der Waals surface area contributed by atoms with E-state index in [1.807, 2.05) is 30.3 Å². The molecule has 1 unspecified atom stereocenters. The number of benzene rings is 1. The van der Waals surface area contributed by atoms with Crippen LogP contribution in [-0.4, -0.2) is 33.5 Å². The molecule has 114 valence electrons. The second-order valence-corrected chi connectivity index (χ2v) is 6.33. The molecule has 1 amide bonds. The number of nitrogens with zero attached hydrogens (tertiary/aromatic N) is 3. The lowest BCUT2D eigenvalue weighted by atomic mass is 10.1. The van der Waals surface area contributed by atoms with E-state index >= 15 is 0 Å². The van der Waals surface area contributed by atoms with E-state index in [-0.39, 0.29) is 23.0 Å². The molecule has 1 aliphatic heterocycles. The van der Waals surface area contributed by atoms with Gasteiger partial charge in [-0.15, -0.1) is 5.10 Å². The Labute approximate surface area is 131 Å². The molecule has 2 aromatic rings. The first-order chi connectivity index (χ1) is 10.6. The summed E-state index contributed by atoms with van der Waals surface area (Å²) in [5.41, 5.74) is 0.816. The average molecular weight is 317 g/mol. The molecule has 1 aromatic heterocycles. The fraction of sp³-hybridized carbons (Fsp3) is 0.333. The lowest BCUT2D eigenvalue weighted by Crippen LogP contribution is -2.25. The van der Waals surface area contributed by atoms with Gasteiger partial charge in [-0.2, -0.15) is 0 Å². The molecule has 1 aliphatic rings. The summed E-state index contributed by atoms with van der Waals surface area (Å²) in [5, 5.41) is 8.03. The van der Waals surface area contributed by atoms with E-state index in [0.29, 0.717) is 24.6 Å². The van der Waals surface area contributed by atoms with Crippen LogP contribution in [0.2, 0.25) is 0 Å². The van der Waals surface area contributed by atoms with Crippen molar-refractivity contribution >= 4 is 28.8 Å². The largest absolute Gasteiger partial charge is 0.403 e. The second-order valence-electron chi connectivity index (χ2n) is 5.13. The smallest absolute Gasteiger partial charge is 0.325 e. The fourth-order valence-corrected chi connectivity index (χ4v) is 3.03. The lowest BCUT2D eigenvalue weighted by molar-refractivity contribution is -0.117. The molecule has 0 spiro atoms. The van der Waals surface area contributed by atoms with Crippen molar-refractivity contribution in [1.29, 1.82) is 0 Å². The average Bonchev–Trinajstić information content (AvgIpc) is 3.12. The van der Waals surface area contributed by atoms with Gasteiger partial charge in [0, 0.05) is 31.2 Å². The second kappa shape index (κ2) is 6.31. The van der Waals surface area contributed by atoms with E-state index in [2.05, 4.69) is 10.2 Å². The highest BCUT2D eigenvalue weighted by Crippen LogP contribution is 2.28. The molecule has 1 atom stereocenters. The quantitative estimate of drug-likeness (QED) is 0.861. The molecular formula is C15H15N3O3S. The summed E-state index contributed by atoms with van der Waals surface area (Å²) in [4.78, 5) is 24.6. The number of thioether (sulfide) groups is 1. The molecule has 0 N–H and O–H groups in total. The molecule has 1 fully saturated rings. The summed E-state index contributed by atoms with van der Waals surface area (Å²) >= 11 is 1.25. The summed E-state index contributed by atoms with van der Waals surface area (Å²) in [7, 11) is 0. The Bertz CT molecular complexity index is 686. The molecule has 0 aliphatic carbocycles. The molecule has 22 heavy (non-hydrogen) atoms. The Morgan fingerprint density at radius 3 is 2.86 bits per heavy atom. The van der Waals surface area contributed by atoms with Gasteiger partial charge in [-0.1, -0.05) is 35.1 Å². The van der Waals surface area contributed by atoms with E-state index in [1.165, 1.54) is 23.6 Å². The maximum Gasteiger partial charge on any atom is 0.325 e. The van der Waals surface area contributed by atoms with Gasteiger partial charge in [0.1, 0.15) is 0 Å². The van der Waals surface area contributed by atoms with E-state index in [1.54, 1.807) is 0 Å². The highest BCUT2D eigenvalue weighted by molar-refractivity contribution is 8.13. The van der Waals surface area contributed by atoms with Crippen molar-refractivity contribution in [2.75, 3.05) is 17.2 Å². The molecular weight excluding hydrogens is 302 g/mol. The minimum absolute atomic E-state index is 0.0441. The van der Waals surface area contributed by atoms with Gasteiger partial charge >= 0.3 is 6.01 Å². The van der Waals surface area contributed by atoms with Crippen molar-refractivity contribution in [3.63, 3.8) is 0 Å². The van der Waals surface area contributed by atoms with Gasteiger partial charge in [0.25, 0.3) is 0 Å². The standard InChI is InChI=1S/C15H15N3O3S/c1-10(19)22-9-11-7-13(20)18(8-11)15-17-16-14(21-15)12-5-3-2-4-6-12/h2-6,11H,7-9H2,1H3. The number of rotatable bonds is 4. The first-order valence-electron chi connectivity index (χ1n) is 6.96. The maximum atomic E-state index is 12.1. The third-order valence-electron chi connectivity index (χ3n) is 3.39. The third-order valence-corrected chi connectivity index (χ3v) is 4.44. The Morgan fingerprint density at radius 1 is 1.36 bits per heavy atom. The van der Waals surface area contributed by atoms with Gasteiger partial charge in [0.15, 0.2) is 5.12 Å². The lowest BCUT2D eigenvalue weighted by Gasteiger charge is -2.10. The van der Waals surface area contributed by atoms with Crippen LogP contribution in [0.3, 0.4) is 0 Å². The van der Waals surface area contributed by atoms with Crippen LogP contribution in [0.15, 0.2) is 34.7 Å². The van der Waals surface area contributed by atoms with Crippen molar-refractivity contribution in [2.45, 2.75) is 13.3 Å². The van der Waals surface area contributed by atoms with Crippen LogP contribution in [0.25, 0.3) is 11.5 Å². The van der Waals surface area contributed by atoms with Gasteiger partial charge in [0.2, 0.25) is 11.8 Å². The zero-order chi connectivity index (χ0) is 15.5. The molecule has 3 rings (SSSR count). The highest BCUT2D eigenvalue weighted by atomic mass is 32.2. The zero-order valence-corrected chi connectivity index (χ0v) is 12.9. The zero-order valence-electron chi connectivity index (χ0n) is 12.1. The van der Waals surface area contributed by atoms with Crippen LogP contribution in [0.4, 0.5) is 6.01 Å². The van der Waals surface area contributed by atoms with Gasteiger partial charge in [0.05, 0.1) is 0 Å². The predicted octanol–water partition coefficient (Wildman–Crippen LogP) is 2.37. The molecule has 1 saturated heterocycles. The molecule has 7 heteroatoms. The number of hydrogen-bond donors (Lipinski definition) is 0. The van der Waals surface area contributed by atoms with Crippen molar-refractivity contribution < 1.29 is 14.0 Å². The number of anilines is 1. The van der Waals surface area contributed by atoms with Gasteiger partial charge in [-0.3, -0.25) is 14.5 Å². The maximum absolute atomic E-state index is 12.1. The number of carbonyl (C=O) groups is 2. The van der Waals surface area contributed by atoms with E-state index in [0.717, 1.165) is 5.56 Å². The summed E-state index contributed by atoms with van der Waals surface area (Å²) < 4.78 is 5.61. The fourth-order valence-electron chi connectivity index (χ4n) is 2.34. The molecule has 0 bridgehead atoms. The molecule has 0 radical (unpaired) electrons. The minimum atomic E-state index is -0.0441. The van der Waals surface area contributed by atoms with Crippen LogP contribution < -0.4 is 4.90 Å². The minimum Gasteiger partial charge on any atom is -0.403 e. The van der Waals surface area contributed by atoms with Gasteiger partial charge in [-0.25, -0.2) is 0 Å². The number of amides is 1. The molecule has 6 nitrogen and oxygen atoms in total. The number of aromatic nitrogens is 2. The van der Waals surface area contributed by atoms with Crippen LogP contribution in [0, 0.1) is 5.92 Å². The van der Waals surface area contributed by atoms with Crippen LogP contribution >= 0.6 is 11.8 Å². The molecule has 0 saturated carbocycles. The summed E-state index contributed by atoms with van der Waals surface area (Å²) in [6, 6.07) is 9.64. The number of hydrogen-bond acceptors (Lipinski definition) is 6. The van der Waals surface area contributed by atoms with E-state index in [4.69, 9.17) is 4.42 Å². The van der Waals surface area contributed by atoms with Crippen LogP contribution in [0.5, 0.6) is 0 Å². The summed E-state index contributed by atoms with van der Waals surface area (Å²) in [6.07, 6.45) is 0.406. The normalized spacial score (nSPS) is 18.0. The van der Waals surface area contributed by atoms with E-state index in [9.17, 15) is 9.59 Å². The summed E-state index contributed by atoms with van der Waals surface area (Å²) in [5.74, 6) is 1.12. The van der Waals surface area contributed by atoms with Crippen molar-refractivity contribution in [1.82, 2.24) is 10.2 Å². The SMILES string of the molecule is CC(=O)SCC1CC(=O)N(c2nnc(-c3ccccc3)o2)C1. The Hall–Kier alpha value is -2.15. The van der Waals surface area contributed by atoms with Gasteiger partial charge in [-0.05, 0) is 18.1 Å². The Balaban J connectivity index is 1.71. The molecule has 1 aromatic carbocycles. The van der Waals surface area contributed by atoms with Crippen molar-refractivity contribution in [3.05, 3.63) is 30.3 Å². The monoisotopic (exact) mass is 317 g/mol. The molecule has 2 heterocycles. The van der Waals surface area contributed by atoms with Crippen molar-refractivity contribution in [3.8, 4) is 11.5 Å². The van der Waals surface area contributed by atoms with Gasteiger partial charge < -0.3 is 4.42 Å². The third kappa shape index (κ3) is 3.19. The first kappa shape index (κ1) is 14.8. The topological polar surface area (TPSA) is 76.3 Å². The highest BCUT2D eigenvalue weighted by Gasteiger charge is 2.34. The predicted molar refractivity (Wildman–Crippen MR) is 83.3 cm³/mol. The van der Waals surface area contributed by atoms with E-state index < -0.39 is 0 Å². The Morgan fingerprint density at radius 2 is 2.14 bits per heavy atom. The van der Waals surface area contributed by atoms with Crippen LogP contribution in [0.1, 0.15) is 13.3 Å².